The number of fused-ring (bicyclic) bond motifs is 6. The van der Waals surface area contributed by atoms with Crippen LogP contribution in [0.15, 0.2) is 84.9 Å². The summed E-state index contributed by atoms with van der Waals surface area (Å²) in [6, 6.07) is 27.3. The Kier molecular flexibility index (Phi) is 12.4. The maximum Gasteiger partial charge on any atom is 0.164 e. The predicted molar refractivity (Wildman–Crippen MR) is 212 cm³/mol. The van der Waals surface area contributed by atoms with Gasteiger partial charge in [0.25, 0.3) is 0 Å². The quantitative estimate of drug-likeness (QED) is 0.0893. The maximum atomic E-state index is 12.2. The van der Waals surface area contributed by atoms with E-state index in [-0.39, 0.29) is 47.9 Å². The summed E-state index contributed by atoms with van der Waals surface area (Å²) >= 11 is 0. The van der Waals surface area contributed by atoms with E-state index in [4.69, 9.17) is 9.97 Å². The van der Waals surface area contributed by atoms with Gasteiger partial charge in [-0.2, -0.15) is 0 Å². The van der Waals surface area contributed by atoms with Crippen LogP contribution < -0.4 is 0 Å². The molecule has 1 N–H and O–H groups in total. The summed E-state index contributed by atoms with van der Waals surface area (Å²) in [7, 11) is 2.09. The number of rotatable bonds is 9. The minimum absolute atomic E-state index is 0. The van der Waals surface area contributed by atoms with Crippen molar-refractivity contribution in [1.82, 2.24) is 14.5 Å². The average molecular weight is 861 g/mol. The minimum Gasteiger partial charge on any atom is -0.512 e. The molecule has 0 spiro atoms. The van der Waals surface area contributed by atoms with E-state index in [1.54, 1.807) is 6.33 Å². The number of aryl methyl sites for hydroxylation is 1. The maximum absolute atomic E-state index is 12.2. The van der Waals surface area contributed by atoms with E-state index in [0.717, 1.165) is 54.4 Å². The first-order valence-electron chi connectivity index (χ1n) is 18.2. The number of allylic oxidation sites excluding steroid dienone is 2. The molecule has 0 unspecified atom stereocenters. The first kappa shape index (κ1) is 39.9. The molecule has 0 aliphatic rings. The van der Waals surface area contributed by atoms with Gasteiger partial charge in [0.15, 0.2) is 5.78 Å². The second kappa shape index (κ2) is 15.8. The smallest absolute Gasteiger partial charge is 0.164 e. The van der Waals surface area contributed by atoms with E-state index >= 15 is 0 Å². The van der Waals surface area contributed by atoms with Gasteiger partial charge in [-0.1, -0.05) is 127 Å². The molecule has 0 atom stereocenters. The average Bonchev–Trinajstić information content (AvgIpc) is 3.42. The van der Waals surface area contributed by atoms with Crippen LogP contribution in [-0.4, -0.2) is 25.4 Å². The Hall–Kier alpha value is -3.86. The summed E-state index contributed by atoms with van der Waals surface area (Å²) in [5.74, 6) is 0.286. The number of benzene rings is 4. The SMILES string of the molecule is CCC(C)(CC)C(=O)/C=C(\O)C(C)(CC)CC.Cn1c2ccc3ccccc3c2c2c(-c3[c-]ccc4c(CC(C)(C)C)cccc34)ncnc21.[Ir]. The molecule has 2 aromatic heterocycles. The Balaban J connectivity index is 0.000000279. The fourth-order valence-corrected chi connectivity index (χ4v) is 6.89. The minimum atomic E-state index is -0.337. The number of hydrogen-bond acceptors (Lipinski definition) is 4. The van der Waals surface area contributed by atoms with Crippen molar-refractivity contribution in [2.75, 3.05) is 0 Å². The summed E-state index contributed by atoms with van der Waals surface area (Å²) in [5, 5.41) is 17.4. The third kappa shape index (κ3) is 7.83. The molecule has 2 heterocycles. The summed E-state index contributed by atoms with van der Waals surface area (Å²) in [6.07, 6.45) is 7.46. The molecule has 0 saturated heterocycles. The van der Waals surface area contributed by atoms with Crippen molar-refractivity contribution in [2.24, 2.45) is 23.3 Å². The topological polar surface area (TPSA) is 68.0 Å². The second-order valence-corrected chi connectivity index (χ2v) is 15.6. The first-order chi connectivity index (χ1) is 23.7. The van der Waals surface area contributed by atoms with Crippen LogP contribution in [-0.2, 0) is 38.4 Å². The largest absolute Gasteiger partial charge is 0.512 e. The van der Waals surface area contributed by atoms with Gasteiger partial charge in [0.05, 0.1) is 0 Å². The van der Waals surface area contributed by atoms with E-state index in [2.05, 4.69) is 99.1 Å². The molecule has 5 nitrogen and oxygen atoms in total. The molecule has 6 aromatic rings. The molecular formula is C45H54IrN3O2-. The Bertz CT molecular complexity index is 2200. The van der Waals surface area contributed by atoms with Gasteiger partial charge in [-0.3, -0.25) is 9.78 Å². The van der Waals surface area contributed by atoms with Gasteiger partial charge in [-0.25, -0.2) is 4.98 Å². The number of carbonyl (C=O) groups excluding carboxylic acids is 1. The predicted octanol–water partition coefficient (Wildman–Crippen LogP) is 12.1. The molecule has 0 amide bonds. The van der Waals surface area contributed by atoms with Gasteiger partial charge in [-0.05, 0) is 54.4 Å². The molecule has 51 heavy (non-hydrogen) atoms. The molecule has 1 radical (unpaired) electrons. The number of hydrogen-bond donors (Lipinski definition) is 1. The van der Waals surface area contributed by atoms with Crippen LogP contribution in [0, 0.1) is 22.3 Å². The monoisotopic (exact) mass is 861 g/mol. The zero-order valence-corrected chi connectivity index (χ0v) is 34.5. The summed E-state index contributed by atoms with van der Waals surface area (Å²) in [5.41, 5.74) is 5.07. The number of aliphatic hydroxyl groups is 1. The fraction of sp³-hybridized carbons (Fsp3) is 0.400. The zero-order chi connectivity index (χ0) is 36.4. The van der Waals surface area contributed by atoms with Gasteiger partial charge >= 0.3 is 0 Å². The van der Waals surface area contributed by atoms with Crippen molar-refractivity contribution in [2.45, 2.75) is 94.4 Å². The van der Waals surface area contributed by atoms with Crippen molar-refractivity contribution in [3.63, 3.8) is 0 Å². The normalized spacial score (nSPS) is 12.6. The number of aromatic nitrogens is 3. The van der Waals surface area contributed by atoms with Gasteiger partial charge in [-0.15, -0.1) is 23.8 Å². The van der Waals surface area contributed by atoms with Crippen LogP contribution >= 0.6 is 0 Å². The van der Waals surface area contributed by atoms with Crippen molar-refractivity contribution in [3.8, 4) is 11.3 Å². The Morgan fingerprint density at radius 1 is 0.784 bits per heavy atom. The first-order valence-corrected chi connectivity index (χ1v) is 18.2. The van der Waals surface area contributed by atoms with Crippen molar-refractivity contribution < 1.29 is 30.0 Å². The van der Waals surface area contributed by atoms with E-state index in [1.165, 1.54) is 44.1 Å². The standard InChI is InChI=1S/C30H26N3.C15H28O2.Ir/c1-30(2,3)17-20-10-7-13-23-21(20)12-8-14-24(23)28-27-26-22-11-6-5-9-19(22)15-16-25(26)33(4)29(27)32-18-31-28;1-7-14(5,8-2)12(16)11-13(17)15(6,9-3)10-4;/h5-13,15-16,18H,17H2,1-4H3;11,16H,7-10H2,1-6H3;/q-1;;/b;12-11-;. The third-order valence-corrected chi connectivity index (χ3v) is 11.2. The molecule has 0 fully saturated rings. The van der Waals surface area contributed by atoms with Crippen LogP contribution in [0.25, 0.3) is 54.7 Å². The number of ketones is 1. The molecular weight excluding hydrogens is 807 g/mol. The van der Waals surface area contributed by atoms with Gasteiger partial charge in [0.2, 0.25) is 0 Å². The van der Waals surface area contributed by atoms with Crippen molar-refractivity contribution in [3.05, 3.63) is 96.5 Å². The van der Waals surface area contributed by atoms with Crippen molar-refractivity contribution in [1.29, 1.82) is 0 Å². The molecule has 6 heteroatoms. The third-order valence-electron chi connectivity index (χ3n) is 11.2. The Morgan fingerprint density at radius 2 is 1.43 bits per heavy atom. The van der Waals surface area contributed by atoms with Gasteiger partial charge in [0.1, 0.15) is 17.7 Å². The summed E-state index contributed by atoms with van der Waals surface area (Å²) in [4.78, 5) is 21.7. The zero-order valence-electron chi connectivity index (χ0n) is 32.1. The molecule has 4 aromatic carbocycles. The second-order valence-electron chi connectivity index (χ2n) is 15.6. The van der Waals surface area contributed by atoms with Crippen LogP contribution in [0.2, 0.25) is 0 Å². The number of aliphatic hydroxyl groups excluding tert-OH is 1. The molecule has 0 aliphatic carbocycles. The summed E-state index contributed by atoms with van der Waals surface area (Å²) < 4.78 is 2.18. The van der Waals surface area contributed by atoms with E-state index in [9.17, 15) is 9.90 Å². The van der Waals surface area contributed by atoms with Crippen LogP contribution in [0.1, 0.15) is 93.6 Å². The van der Waals surface area contributed by atoms with Crippen LogP contribution in [0.5, 0.6) is 0 Å². The molecule has 0 bridgehead atoms. The molecule has 6 rings (SSSR count). The molecule has 0 aliphatic heterocycles. The van der Waals surface area contributed by atoms with E-state index < -0.39 is 0 Å². The van der Waals surface area contributed by atoms with Gasteiger partial charge in [0, 0.05) is 66.0 Å². The molecule has 0 saturated carbocycles. The fourth-order valence-electron chi connectivity index (χ4n) is 6.89. The van der Waals surface area contributed by atoms with Crippen molar-refractivity contribution >= 4 is 49.3 Å². The van der Waals surface area contributed by atoms with Gasteiger partial charge < -0.3 is 9.67 Å². The number of carbonyl (C=O) groups is 1. The summed E-state index contributed by atoms with van der Waals surface area (Å²) in [6.45, 7) is 18.9. The Morgan fingerprint density at radius 3 is 2.08 bits per heavy atom. The Labute approximate surface area is 317 Å². The van der Waals surface area contributed by atoms with Crippen LogP contribution in [0.3, 0.4) is 0 Å². The molecule has 271 valence electrons. The number of nitrogens with zero attached hydrogens (tertiary/aromatic N) is 3. The van der Waals surface area contributed by atoms with E-state index in [0.29, 0.717) is 0 Å². The van der Waals surface area contributed by atoms with Crippen LogP contribution in [0.4, 0.5) is 0 Å². The van der Waals surface area contributed by atoms with E-state index in [1.807, 2.05) is 47.6 Å².